The summed E-state index contributed by atoms with van der Waals surface area (Å²) in [6.07, 6.45) is 1.06. The fourth-order valence-electron chi connectivity index (χ4n) is 2.76. The normalized spacial score (nSPS) is 18.9. The van der Waals surface area contributed by atoms with Crippen LogP contribution in [0.1, 0.15) is 62.8 Å². The lowest BCUT2D eigenvalue weighted by atomic mass is 9.89. The molecule has 2 heteroatoms. The van der Waals surface area contributed by atoms with Crippen LogP contribution in [0, 0.1) is 6.92 Å². The largest absolute Gasteiger partial charge is 0.493 e. The van der Waals surface area contributed by atoms with Crippen LogP contribution in [0.2, 0.25) is 0 Å². The number of ether oxygens (including phenoxy) is 1. The van der Waals surface area contributed by atoms with E-state index in [1.165, 1.54) is 16.7 Å². The molecule has 2 nitrogen and oxygen atoms in total. The van der Waals surface area contributed by atoms with Crippen molar-refractivity contribution in [1.29, 1.82) is 0 Å². The van der Waals surface area contributed by atoms with Gasteiger partial charge in [-0.1, -0.05) is 39.8 Å². The summed E-state index contributed by atoms with van der Waals surface area (Å²) < 4.78 is 5.97. The highest BCUT2D eigenvalue weighted by molar-refractivity contribution is 5.50. The van der Waals surface area contributed by atoms with Crippen molar-refractivity contribution in [1.82, 2.24) is 5.32 Å². The van der Waals surface area contributed by atoms with Crippen LogP contribution < -0.4 is 10.1 Å². The molecule has 0 amide bonds. The van der Waals surface area contributed by atoms with Gasteiger partial charge in [-0.3, -0.25) is 0 Å². The van der Waals surface area contributed by atoms with Gasteiger partial charge in [0.25, 0.3) is 0 Å². The SMILES string of the molecule is Cc1ccc(C(C)C)c2c1C(NC(C)C)CCO2. The molecule has 100 valence electrons. The van der Waals surface area contributed by atoms with Gasteiger partial charge in [0.1, 0.15) is 5.75 Å². The molecular formula is C16H25NO. The molecule has 0 saturated heterocycles. The zero-order valence-corrected chi connectivity index (χ0v) is 12.2. The highest BCUT2D eigenvalue weighted by Gasteiger charge is 2.26. The van der Waals surface area contributed by atoms with E-state index in [0.29, 0.717) is 18.0 Å². The maximum absolute atomic E-state index is 5.97. The smallest absolute Gasteiger partial charge is 0.127 e. The van der Waals surface area contributed by atoms with Crippen LogP contribution in [0.25, 0.3) is 0 Å². The van der Waals surface area contributed by atoms with Crippen LogP contribution in [-0.4, -0.2) is 12.6 Å². The molecule has 1 aromatic carbocycles. The molecule has 0 radical (unpaired) electrons. The van der Waals surface area contributed by atoms with Crippen molar-refractivity contribution in [3.8, 4) is 5.75 Å². The first-order valence-corrected chi connectivity index (χ1v) is 7.03. The number of hydrogen-bond acceptors (Lipinski definition) is 2. The highest BCUT2D eigenvalue weighted by Crippen LogP contribution is 2.40. The van der Waals surface area contributed by atoms with Gasteiger partial charge < -0.3 is 10.1 Å². The maximum Gasteiger partial charge on any atom is 0.127 e. The number of benzene rings is 1. The van der Waals surface area contributed by atoms with Crippen molar-refractivity contribution in [2.24, 2.45) is 0 Å². The van der Waals surface area contributed by atoms with Crippen LogP contribution in [0.3, 0.4) is 0 Å². The molecule has 0 aromatic heterocycles. The molecule has 0 spiro atoms. The maximum atomic E-state index is 5.97. The van der Waals surface area contributed by atoms with E-state index in [1.54, 1.807) is 0 Å². The van der Waals surface area contributed by atoms with E-state index in [9.17, 15) is 0 Å². The Morgan fingerprint density at radius 1 is 1.22 bits per heavy atom. The van der Waals surface area contributed by atoms with Crippen molar-refractivity contribution >= 4 is 0 Å². The summed E-state index contributed by atoms with van der Waals surface area (Å²) in [5.74, 6) is 1.64. The van der Waals surface area contributed by atoms with E-state index in [4.69, 9.17) is 4.74 Å². The first-order valence-electron chi connectivity index (χ1n) is 7.03. The molecule has 1 unspecified atom stereocenters. The van der Waals surface area contributed by atoms with Gasteiger partial charge >= 0.3 is 0 Å². The van der Waals surface area contributed by atoms with Crippen molar-refractivity contribution in [2.75, 3.05) is 6.61 Å². The fourth-order valence-corrected chi connectivity index (χ4v) is 2.76. The molecular weight excluding hydrogens is 222 g/mol. The van der Waals surface area contributed by atoms with Crippen LogP contribution in [0.4, 0.5) is 0 Å². The zero-order chi connectivity index (χ0) is 13.3. The van der Waals surface area contributed by atoms with E-state index in [1.807, 2.05) is 0 Å². The Labute approximate surface area is 111 Å². The second kappa shape index (κ2) is 5.31. The molecule has 1 aromatic rings. The summed E-state index contributed by atoms with van der Waals surface area (Å²) in [7, 11) is 0. The third-order valence-electron chi connectivity index (χ3n) is 3.60. The summed E-state index contributed by atoms with van der Waals surface area (Å²) in [5.41, 5.74) is 4.05. The monoisotopic (exact) mass is 247 g/mol. The van der Waals surface area contributed by atoms with Crippen LogP contribution in [0.15, 0.2) is 12.1 Å². The Morgan fingerprint density at radius 3 is 2.56 bits per heavy atom. The second-order valence-electron chi connectivity index (χ2n) is 5.88. The van der Waals surface area contributed by atoms with Crippen LogP contribution in [0.5, 0.6) is 5.75 Å². The Morgan fingerprint density at radius 2 is 1.94 bits per heavy atom. The molecule has 1 aliphatic rings. The molecule has 0 fully saturated rings. The highest BCUT2D eigenvalue weighted by atomic mass is 16.5. The molecule has 2 rings (SSSR count). The lowest BCUT2D eigenvalue weighted by Gasteiger charge is -2.32. The summed E-state index contributed by atoms with van der Waals surface area (Å²) >= 11 is 0. The quantitative estimate of drug-likeness (QED) is 0.873. The van der Waals surface area contributed by atoms with Gasteiger partial charge in [-0.15, -0.1) is 0 Å². The third kappa shape index (κ3) is 2.54. The van der Waals surface area contributed by atoms with Crippen LogP contribution >= 0.6 is 0 Å². The van der Waals surface area contributed by atoms with Crippen molar-refractivity contribution in [3.63, 3.8) is 0 Å². The number of aryl methyl sites for hydroxylation is 1. The minimum absolute atomic E-state index is 0.437. The lowest BCUT2D eigenvalue weighted by Crippen LogP contribution is -2.33. The van der Waals surface area contributed by atoms with Crippen LogP contribution in [-0.2, 0) is 0 Å². The molecule has 1 aliphatic heterocycles. The Balaban J connectivity index is 2.45. The van der Waals surface area contributed by atoms with E-state index in [2.05, 4.69) is 52.1 Å². The van der Waals surface area contributed by atoms with E-state index >= 15 is 0 Å². The van der Waals surface area contributed by atoms with Gasteiger partial charge in [0.2, 0.25) is 0 Å². The van der Waals surface area contributed by atoms with Gasteiger partial charge in [0, 0.05) is 24.1 Å². The molecule has 0 saturated carbocycles. The molecule has 1 heterocycles. The number of rotatable bonds is 3. The minimum Gasteiger partial charge on any atom is -0.493 e. The standard InChI is InChI=1S/C16H25NO/c1-10(2)13-7-6-12(5)15-14(17-11(3)4)8-9-18-16(13)15/h6-7,10-11,14,17H,8-9H2,1-5H3. The van der Waals surface area contributed by atoms with Crippen molar-refractivity contribution in [3.05, 3.63) is 28.8 Å². The average molecular weight is 247 g/mol. The molecule has 0 bridgehead atoms. The fraction of sp³-hybridized carbons (Fsp3) is 0.625. The van der Waals surface area contributed by atoms with Crippen molar-refractivity contribution < 1.29 is 4.74 Å². The van der Waals surface area contributed by atoms with E-state index < -0.39 is 0 Å². The summed E-state index contributed by atoms with van der Waals surface area (Å²) in [4.78, 5) is 0. The summed E-state index contributed by atoms with van der Waals surface area (Å²) in [5, 5.41) is 3.66. The van der Waals surface area contributed by atoms with Gasteiger partial charge in [0.05, 0.1) is 6.61 Å². The van der Waals surface area contributed by atoms with Gasteiger partial charge in [-0.05, 0) is 24.0 Å². The number of fused-ring (bicyclic) bond motifs is 1. The topological polar surface area (TPSA) is 21.3 Å². The predicted molar refractivity (Wildman–Crippen MR) is 76.4 cm³/mol. The summed E-state index contributed by atoms with van der Waals surface area (Å²) in [6.45, 7) is 11.9. The molecule has 1 atom stereocenters. The third-order valence-corrected chi connectivity index (χ3v) is 3.60. The van der Waals surface area contributed by atoms with Gasteiger partial charge in [0.15, 0.2) is 0 Å². The van der Waals surface area contributed by atoms with E-state index in [-0.39, 0.29) is 0 Å². The lowest BCUT2D eigenvalue weighted by molar-refractivity contribution is 0.243. The Bertz CT molecular complexity index is 423. The zero-order valence-electron chi connectivity index (χ0n) is 12.2. The predicted octanol–water partition coefficient (Wildman–Crippen LogP) is 3.94. The number of hydrogen-bond donors (Lipinski definition) is 1. The summed E-state index contributed by atoms with van der Waals surface area (Å²) in [6, 6.07) is 5.39. The molecule has 1 N–H and O–H groups in total. The Hall–Kier alpha value is -1.02. The molecule has 18 heavy (non-hydrogen) atoms. The second-order valence-corrected chi connectivity index (χ2v) is 5.88. The first kappa shape index (κ1) is 13.4. The van der Waals surface area contributed by atoms with E-state index in [0.717, 1.165) is 18.8 Å². The first-order chi connectivity index (χ1) is 8.50. The minimum atomic E-state index is 0.437. The molecule has 0 aliphatic carbocycles. The average Bonchev–Trinajstić information content (AvgIpc) is 2.28. The Kier molecular flexibility index (Phi) is 3.96. The van der Waals surface area contributed by atoms with Crippen molar-refractivity contribution in [2.45, 2.75) is 59.0 Å². The van der Waals surface area contributed by atoms with Gasteiger partial charge in [-0.25, -0.2) is 0 Å². The van der Waals surface area contributed by atoms with Gasteiger partial charge in [-0.2, -0.15) is 0 Å². The number of nitrogens with one attached hydrogen (secondary N) is 1.